The molecule has 3 aromatic rings. The molecule has 21 heavy (non-hydrogen) atoms. The molecule has 0 bridgehead atoms. The van der Waals surface area contributed by atoms with Crippen LogP contribution in [0, 0.1) is 0 Å². The van der Waals surface area contributed by atoms with E-state index in [0.717, 1.165) is 30.0 Å². The fraction of sp³-hybridized carbons (Fsp3) is 0.222. The molecular weight excluding hydrogens is 278 g/mol. The standard InChI is InChI=1S/C18H19NOS/c1-3-17-16(15-9-4-5-10-18(15)20-17)12-19-13-7-6-8-14(11-13)21-2/h4-11,19H,3,12H2,1-2H3. The Balaban J connectivity index is 1.87. The number of hydrogen-bond donors (Lipinski definition) is 1. The molecule has 0 atom stereocenters. The highest BCUT2D eigenvalue weighted by molar-refractivity contribution is 7.98. The number of fused-ring (bicyclic) bond motifs is 1. The molecule has 0 fully saturated rings. The minimum absolute atomic E-state index is 0.790. The number of rotatable bonds is 5. The van der Waals surface area contributed by atoms with Crippen LogP contribution in [-0.4, -0.2) is 6.26 Å². The van der Waals surface area contributed by atoms with Gasteiger partial charge in [0.05, 0.1) is 0 Å². The molecule has 0 unspecified atom stereocenters. The van der Waals surface area contributed by atoms with Gasteiger partial charge < -0.3 is 9.73 Å². The molecule has 0 radical (unpaired) electrons. The van der Waals surface area contributed by atoms with Gasteiger partial charge in [-0.15, -0.1) is 11.8 Å². The van der Waals surface area contributed by atoms with E-state index in [2.05, 4.69) is 54.9 Å². The Morgan fingerprint density at radius 2 is 1.95 bits per heavy atom. The fourth-order valence-electron chi connectivity index (χ4n) is 2.55. The number of hydrogen-bond acceptors (Lipinski definition) is 3. The van der Waals surface area contributed by atoms with Gasteiger partial charge in [-0.3, -0.25) is 0 Å². The Kier molecular flexibility index (Phi) is 4.20. The fourth-order valence-corrected chi connectivity index (χ4v) is 3.01. The average Bonchev–Trinajstić information content (AvgIpc) is 2.91. The predicted octanol–water partition coefficient (Wildman–Crippen LogP) is 5.33. The van der Waals surface area contributed by atoms with Crippen molar-refractivity contribution in [3.63, 3.8) is 0 Å². The monoisotopic (exact) mass is 297 g/mol. The van der Waals surface area contributed by atoms with Crippen molar-refractivity contribution in [3.05, 3.63) is 59.9 Å². The molecule has 2 aromatic carbocycles. The van der Waals surface area contributed by atoms with Crippen molar-refractivity contribution in [3.8, 4) is 0 Å². The third-order valence-electron chi connectivity index (χ3n) is 3.64. The van der Waals surface area contributed by atoms with Crippen LogP contribution in [0.25, 0.3) is 11.0 Å². The molecule has 3 rings (SSSR count). The van der Waals surface area contributed by atoms with Gasteiger partial charge in [-0.25, -0.2) is 0 Å². The quantitative estimate of drug-likeness (QED) is 0.644. The van der Waals surface area contributed by atoms with Crippen LogP contribution < -0.4 is 5.32 Å². The summed E-state index contributed by atoms with van der Waals surface area (Å²) in [5, 5.41) is 4.73. The van der Waals surface area contributed by atoms with E-state index in [1.165, 1.54) is 15.8 Å². The van der Waals surface area contributed by atoms with E-state index in [9.17, 15) is 0 Å². The first-order valence-corrected chi connectivity index (χ1v) is 8.41. The number of nitrogens with one attached hydrogen (secondary N) is 1. The van der Waals surface area contributed by atoms with E-state index in [-0.39, 0.29) is 0 Å². The Morgan fingerprint density at radius 1 is 1.10 bits per heavy atom. The van der Waals surface area contributed by atoms with Crippen molar-refractivity contribution in [2.24, 2.45) is 0 Å². The van der Waals surface area contributed by atoms with E-state index in [4.69, 9.17) is 4.42 Å². The molecule has 0 saturated carbocycles. The number of furan rings is 1. The molecule has 0 aliphatic rings. The lowest BCUT2D eigenvalue weighted by molar-refractivity contribution is 0.551. The highest BCUT2D eigenvalue weighted by Crippen LogP contribution is 2.27. The van der Waals surface area contributed by atoms with E-state index in [1.807, 2.05) is 12.1 Å². The highest BCUT2D eigenvalue weighted by Gasteiger charge is 2.11. The van der Waals surface area contributed by atoms with Gasteiger partial charge in [0, 0.05) is 34.5 Å². The van der Waals surface area contributed by atoms with Crippen LogP contribution in [0.15, 0.2) is 57.8 Å². The van der Waals surface area contributed by atoms with Gasteiger partial charge in [0.15, 0.2) is 0 Å². The van der Waals surface area contributed by atoms with Crippen LogP contribution in [0.1, 0.15) is 18.2 Å². The summed E-state index contributed by atoms with van der Waals surface area (Å²) in [4.78, 5) is 1.27. The molecule has 1 N–H and O–H groups in total. The van der Waals surface area contributed by atoms with Crippen molar-refractivity contribution >= 4 is 28.4 Å². The number of anilines is 1. The minimum atomic E-state index is 0.790. The number of aryl methyl sites for hydroxylation is 1. The van der Waals surface area contributed by atoms with E-state index < -0.39 is 0 Å². The van der Waals surface area contributed by atoms with Gasteiger partial charge >= 0.3 is 0 Å². The van der Waals surface area contributed by atoms with Crippen LogP contribution in [0.3, 0.4) is 0 Å². The largest absolute Gasteiger partial charge is 0.461 e. The van der Waals surface area contributed by atoms with Crippen molar-refractivity contribution in [1.82, 2.24) is 0 Å². The lowest BCUT2D eigenvalue weighted by atomic mass is 10.1. The summed E-state index contributed by atoms with van der Waals surface area (Å²) in [6, 6.07) is 16.7. The Labute approximate surface area is 129 Å². The third kappa shape index (κ3) is 2.93. The van der Waals surface area contributed by atoms with E-state index >= 15 is 0 Å². The lowest BCUT2D eigenvalue weighted by Gasteiger charge is -2.08. The lowest BCUT2D eigenvalue weighted by Crippen LogP contribution is -2.01. The number of para-hydroxylation sites is 1. The van der Waals surface area contributed by atoms with Crippen LogP contribution in [0.5, 0.6) is 0 Å². The first-order valence-electron chi connectivity index (χ1n) is 7.19. The Hall–Kier alpha value is -1.87. The summed E-state index contributed by atoms with van der Waals surface area (Å²) < 4.78 is 5.94. The Bertz CT molecular complexity index is 748. The third-order valence-corrected chi connectivity index (χ3v) is 4.37. The molecule has 0 aliphatic carbocycles. The summed E-state index contributed by atoms with van der Waals surface area (Å²) in [6.45, 7) is 2.92. The maximum atomic E-state index is 5.94. The van der Waals surface area contributed by atoms with Crippen LogP contribution in [-0.2, 0) is 13.0 Å². The number of benzene rings is 2. The smallest absolute Gasteiger partial charge is 0.134 e. The molecule has 0 amide bonds. The normalized spacial score (nSPS) is 11.0. The second-order valence-electron chi connectivity index (χ2n) is 4.94. The van der Waals surface area contributed by atoms with Gasteiger partial charge in [-0.05, 0) is 30.5 Å². The molecule has 0 saturated heterocycles. The van der Waals surface area contributed by atoms with Gasteiger partial charge in [-0.1, -0.05) is 31.2 Å². The summed E-state index contributed by atoms with van der Waals surface area (Å²) in [5.41, 5.74) is 3.39. The summed E-state index contributed by atoms with van der Waals surface area (Å²) in [7, 11) is 0. The van der Waals surface area contributed by atoms with Crippen LogP contribution in [0.2, 0.25) is 0 Å². The minimum Gasteiger partial charge on any atom is -0.461 e. The van der Waals surface area contributed by atoms with Gasteiger partial charge in [-0.2, -0.15) is 0 Å². The zero-order valence-electron chi connectivity index (χ0n) is 12.3. The van der Waals surface area contributed by atoms with Crippen molar-refractivity contribution in [2.75, 3.05) is 11.6 Å². The molecule has 1 aromatic heterocycles. The zero-order valence-corrected chi connectivity index (χ0v) is 13.2. The van der Waals surface area contributed by atoms with Crippen molar-refractivity contribution in [2.45, 2.75) is 24.8 Å². The van der Waals surface area contributed by atoms with Crippen molar-refractivity contribution < 1.29 is 4.42 Å². The molecule has 2 nitrogen and oxygen atoms in total. The van der Waals surface area contributed by atoms with Crippen LogP contribution in [0.4, 0.5) is 5.69 Å². The SMILES string of the molecule is CCc1oc2ccccc2c1CNc1cccc(SC)c1. The van der Waals surface area contributed by atoms with Gasteiger partial charge in [0.25, 0.3) is 0 Å². The molecule has 3 heteroatoms. The molecular formula is C18H19NOS. The average molecular weight is 297 g/mol. The second-order valence-corrected chi connectivity index (χ2v) is 5.82. The predicted molar refractivity (Wildman–Crippen MR) is 91.1 cm³/mol. The highest BCUT2D eigenvalue weighted by atomic mass is 32.2. The summed E-state index contributed by atoms with van der Waals surface area (Å²) in [5.74, 6) is 1.07. The summed E-state index contributed by atoms with van der Waals surface area (Å²) >= 11 is 1.76. The number of thioether (sulfide) groups is 1. The van der Waals surface area contributed by atoms with Crippen molar-refractivity contribution in [1.29, 1.82) is 0 Å². The second kappa shape index (κ2) is 6.27. The van der Waals surface area contributed by atoms with Crippen LogP contribution >= 0.6 is 11.8 Å². The first kappa shape index (κ1) is 14.1. The topological polar surface area (TPSA) is 25.2 Å². The first-order chi connectivity index (χ1) is 10.3. The molecule has 0 aliphatic heterocycles. The maximum absolute atomic E-state index is 5.94. The molecule has 108 valence electrons. The van der Waals surface area contributed by atoms with Gasteiger partial charge in [0.1, 0.15) is 11.3 Å². The molecule has 1 heterocycles. The van der Waals surface area contributed by atoms with E-state index in [0.29, 0.717) is 0 Å². The molecule has 0 spiro atoms. The maximum Gasteiger partial charge on any atom is 0.134 e. The Morgan fingerprint density at radius 3 is 2.76 bits per heavy atom. The van der Waals surface area contributed by atoms with E-state index in [1.54, 1.807) is 11.8 Å². The van der Waals surface area contributed by atoms with Gasteiger partial charge in [0.2, 0.25) is 0 Å². The zero-order chi connectivity index (χ0) is 14.7. The summed E-state index contributed by atoms with van der Waals surface area (Å²) in [6.07, 6.45) is 3.01.